The van der Waals surface area contributed by atoms with Crippen molar-refractivity contribution in [3.8, 4) is 0 Å². The molecule has 5 atom stereocenters. The van der Waals surface area contributed by atoms with Crippen LogP contribution in [0.5, 0.6) is 0 Å². The number of carbonyl (C=O) groups excluding carboxylic acids is 2. The molecule has 36 heavy (non-hydrogen) atoms. The molecule has 0 spiro atoms. The maximum atomic E-state index is 13.6. The van der Waals surface area contributed by atoms with Gasteiger partial charge in [-0.1, -0.05) is 51.8 Å². The van der Waals surface area contributed by atoms with E-state index in [4.69, 9.17) is 4.74 Å². The number of cyclic esters (lactones) is 1. The first-order chi connectivity index (χ1) is 17.0. The number of pyridine rings is 1. The van der Waals surface area contributed by atoms with Crippen LogP contribution in [0.1, 0.15) is 92.2 Å². The summed E-state index contributed by atoms with van der Waals surface area (Å²) in [5, 5.41) is 22.1. The lowest BCUT2D eigenvalue weighted by Crippen LogP contribution is -2.46. The number of rotatable bonds is 4. The van der Waals surface area contributed by atoms with Gasteiger partial charge in [0.05, 0.1) is 29.7 Å². The van der Waals surface area contributed by atoms with Gasteiger partial charge in [0.1, 0.15) is 11.9 Å². The van der Waals surface area contributed by atoms with E-state index >= 15 is 0 Å². The third-order valence-corrected chi connectivity index (χ3v) is 7.52. The van der Waals surface area contributed by atoms with E-state index in [-0.39, 0.29) is 18.1 Å². The van der Waals surface area contributed by atoms with E-state index in [1.54, 1.807) is 20.0 Å². The lowest BCUT2D eigenvalue weighted by atomic mass is 9.71. The van der Waals surface area contributed by atoms with Crippen LogP contribution in [0.25, 0.3) is 6.08 Å². The minimum absolute atomic E-state index is 0.0413. The molecule has 0 aromatic carbocycles. The van der Waals surface area contributed by atoms with Crippen LogP contribution in [0.4, 0.5) is 0 Å². The average molecular weight is 500 g/mol. The van der Waals surface area contributed by atoms with E-state index < -0.39 is 35.6 Å². The number of hydrogen-bond acceptors (Lipinski definition) is 6. The Morgan fingerprint density at radius 3 is 2.61 bits per heavy atom. The highest BCUT2D eigenvalue weighted by Gasteiger charge is 2.43. The van der Waals surface area contributed by atoms with Crippen molar-refractivity contribution in [2.24, 2.45) is 17.3 Å². The van der Waals surface area contributed by atoms with Gasteiger partial charge in [0, 0.05) is 18.5 Å². The summed E-state index contributed by atoms with van der Waals surface area (Å²) in [5.74, 6) is -1.37. The van der Waals surface area contributed by atoms with Gasteiger partial charge in [-0.05, 0) is 69.2 Å². The van der Waals surface area contributed by atoms with Gasteiger partial charge in [-0.3, -0.25) is 14.6 Å². The van der Waals surface area contributed by atoms with Gasteiger partial charge in [0.15, 0.2) is 0 Å². The van der Waals surface area contributed by atoms with Crippen LogP contribution in [0.15, 0.2) is 41.6 Å². The zero-order valence-electron chi connectivity index (χ0n) is 22.9. The summed E-state index contributed by atoms with van der Waals surface area (Å²) in [6, 6.07) is 5.64. The number of esters is 1. The smallest absolute Gasteiger partial charge is 0.309 e. The van der Waals surface area contributed by atoms with Crippen molar-refractivity contribution in [1.82, 2.24) is 4.98 Å². The van der Waals surface area contributed by atoms with Crippen molar-refractivity contribution in [3.63, 3.8) is 0 Å². The van der Waals surface area contributed by atoms with Gasteiger partial charge >= 0.3 is 5.97 Å². The largest absolute Gasteiger partial charge is 0.457 e. The summed E-state index contributed by atoms with van der Waals surface area (Å²) in [6.45, 7) is 11.3. The number of hydrogen-bond donors (Lipinski definition) is 2. The molecule has 2 rings (SSSR count). The summed E-state index contributed by atoms with van der Waals surface area (Å²) < 4.78 is 5.84. The van der Waals surface area contributed by atoms with Crippen LogP contribution in [-0.4, -0.2) is 45.3 Å². The van der Waals surface area contributed by atoms with Crippen LogP contribution < -0.4 is 0 Å². The second-order valence-electron chi connectivity index (χ2n) is 11.0. The van der Waals surface area contributed by atoms with E-state index in [1.807, 2.05) is 45.0 Å². The van der Waals surface area contributed by atoms with Gasteiger partial charge in [0.25, 0.3) is 0 Å². The van der Waals surface area contributed by atoms with E-state index in [1.165, 1.54) is 5.57 Å². The predicted molar refractivity (Wildman–Crippen MR) is 143 cm³/mol. The number of ketones is 1. The number of ether oxygens (including phenoxy) is 1. The van der Waals surface area contributed by atoms with Crippen LogP contribution in [0, 0.1) is 17.3 Å². The van der Waals surface area contributed by atoms with Crippen molar-refractivity contribution in [1.29, 1.82) is 0 Å². The summed E-state index contributed by atoms with van der Waals surface area (Å²) in [7, 11) is 0. The van der Waals surface area contributed by atoms with Crippen LogP contribution >= 0.6 is 0 Å². The first kappa shape index (κ1) is 29.9. The first-order valence-electron chi connectivity index (χ1n) is 13.3. The van der Waals surface area contributed by atoms with Crippen LogP contribution in [0.3, 0.4) is 0 Å². The second kappa shape index (κ2) is 13.8. The number of aliphatic hydroxyl groups is 2. The van der Waals surface area contributed by atoms with Gasteiger partial charge in [-0.2, -0.15) is 0 Å². The Hall–Kier alpha value is -2.31. The molecule has 1 aliphatic rings. The molecule has 6 heteroatoms. The molecule has 0 aliphatic carbocycles. The Morgan fingerprint density at radius 1 is 1.25 bits per heavy atom. The monoisotopic (exact) mass is 499 g/mol. The minimum Gasteiger partial charge on any atom is -0.457 e. The van der Waals surface area contributed by atoms with Crippen LogP contribution in [-0.2, 0) is 14.3 Å². The Morgan fingerprint density at radius 2 is 1.97 bits per heavy atom. The molecule has 0 unspecified atom stereocenters. The standard InChI is InChI=1S/C30H45NO5/c1-7-11-24-28(34)21(3)13-10-12-20(2)15-16-25(22(4)18-23-14-8-9-17-31-23)36-27(33)19-26(32)30(5,6)29(24)35/h8-9,14-15,17-18,21,24-26,28,32,34H,7,10-13,16,19H2,1-6H3/b20-15-,22-18+/t21-,24-,25+,26-,28+/m1/s1. The number of allylic oxidation sites excluding steroid dienone is 1. The molecular formula is C30H45NO5. The summed E-state index contributed by atoms with van der Waals surface area (Å²) in [5.41, 5.74) is 1.64. The number of Topliss-reactive ketones (excluding diaryl/α,β-unsaturated/α-hetero) is 1. The number of aromatic nitrogens is 1. The molecule has 1 aliphatic heterocycles. The van der Waals surface area contributed by atoms with Crippen molar-refractivity contribution in [2.75, 3.05) is 0 Å². The molecule has 0 radical (unpaired) electrons. The fourth-order valence-corrected chi connectivity index (χ4v) is 4.82. The van der Waals surface area contributed by atoms with E-state index in [0.717, 1.165) is 37.0 Å². The predicted octanol–water partition coefficient (Wildman–Crippen LogP) is 5.68. The molecule has 0 bridgehead atoms. The maximum Gasteiger partial charge on any atom is 0.309 e. The summed E-state index contributed by atoms with van der Waals surface area (Å²) in [4.78, 5) is 30.8. The zero-order valence-corrected chi connectivity index (χ0v) is 22.9. The second-order valence-corrected chi connectivity index (χ2v) is 11.0. The molecule has 0 saturated heterocycles. The molecule has 200 valence electrons. The molecular weight excluding hydrogens is 454 g/mol. The Kier molecular flexibility index (Phi) is 11.5. The molecule has 0 fully saturated rings. The highest BCUT2D eigenvalue weighted by Crippen LogP contribution is 2.34. The Bertz CT molecular complexity index is 921. The minimum atomic E-state index is -1.22. The van der Waals surface area contributed by atoms with E-state index in [2.05, 4.69) is 18.0 Å². The van der Waals surface area contributed by atoms with Crippen molar-refractivity contribution < 1.29 is 24.5 Å². The quantitative estimate of drug-likeness (QED) is 0.409. The fourth-order valence-electron chi connectivity index (χ4n) is 4.82. The van der Waals surface area contributed by atoms with Gasteiger partial charge < -0.3 is 14.9 Å². The fraction of sp³-hybridized carbons (Fsp3) is 0.633. The van der Waals surface area contributed by atoms with E-state index in [0.29, 0.717) is 12.8 Å². The number of nitrogens with zero attached hydrogens (tertiary/aromatic N) is 1. The Balaban J connectivity index is 2.37. The Labute approximate surface area is 216 Å². The maximum absolute atomic E-state index is 13.6. The zero-order chi connectivity index (χ0) is 26.9. The highest BCUT2D eigenvalue weighted by atomic mass is 16.5. The third-order valence-electron chi connectivity index (χ3n) is 7.52. The number of carbonyl (C=O) groups is 2. The van der Waals surface area contributed by atoms with Gasteiger partial charge in [0.2, 0.25) is 0 Å². The first-order valence-corrected chi connectivity index (χ1v) is 13.3. The molecule has 0 amide bonds. The molecule has 2 heterocycles. The lowest BCUT2D eigenvalue weighted by Gasteiger charge is -2.36. The number of aliphatic hydroxyl groups excluding tert-OH is 2. The average Bonchev–Trinajstić information content (AvgIpc) is 2.84. The topological polar surface area (TPSA) is 96.7 Å². The molecule has 1 aromatic rings. The van der Waals surface area contributed by atoms with Crippen LogP contribution in [0.2, 0.25) is 0 Å². The molecule has 0 saturated carbocycles. The molecule has 6 nitrogen and oxygen atoms in total. The van der Waals surface area contributed by atoms with Gasteiger partial charge in [-0.15, -0.1) is 0 Å². The summed E-state index contributed by atoms with van der Waals surface area (Å²) >= 11 is 0. The SMILES string of the molecule is CCC[C@H]1C(=O)C(C)(C)[C@H](O)CC(=O)O[C@H](/C(C)=C/c2ccccn2)C/C=C(/C)CCC[C@@H](C)[C@@H]1O. The van der Waals surface area contributed by atoms with Gasteiger partial charge in [-0.25, -0.2) is 0 Å². The van der Waals surface area contributed by atoms with Crippen molar-refractivity contribution in [3.05, 3.63) is 47.3 Å². The van der Waals surface area contributed by atoms with Crippen molar-refractivity contribution >= 4 is 17.8 Å². The normalized spacial score (nSPS) is 30.8. The lowest BCUT2D eigenvalue weighted by molar-refractivity contribution is -0.154. The van der Waals surface area contributed by atoms with E-state index in [9.17, 15) is 19.8 Å². The highest BCUT2D eigenvalue weighted by molar-refractivity contribution is 5.88. The third kappa shape index (κ3) is 8.38. The molecule has 2 N–H and O–H groups in total. The molecule has 1 aromatic heterocycles. The summed E-state index contributed by atoms with van der Waals surface area (Å²) in [6.07, 6.45) is 7.32. The van der Waals surface area contributed by atoms with Crippen molar-refractivity contribution in [2.45, 2.75) is 105 Å².